The first-order valence-electron chi connectivity index (χ1n) is 9.60. The van der Waals surface area contributed by atoms with Gasteiger partial charge < -0.3 is 10.1 Å². The minimum absolute atomic E-state index is 0.0271. The minimum Gasteiger partial charge on any atom is -0.377 e. The maximum Gasteiger partial charge on any atom is 0.278 e. The van der Waals surface area contributed by atoms with E-state index in [9.17, 15) is 9.59 Å². The van der Waals surface area contributed by atoms with Gasteiger partial charge >= 0.3 is 0 Å². The monoisotopic (exact) mass is 412 g/mol. The van der Waals surface area contributed by atoms with Crippen molar-refractivity contribution in [3.05, 3.63) is 69.9 Å². The van der Waals surface area contributed by atoms with Crippen molar-refractivity contribution in [2.75, 3.05) is 18.5 Å². The number of hydrogen-bond donors (Lipinski definition) is 1. The Morgan fingerprint density at radius 2 is 1.72 bits per heavy atom. The lowest BCUT2D eigenvalue weighted by Crippen LogP contribution is -2.35. The molecular weight excluding hydrogens is 388 g/mol. The lowest BCUT2D eigenvalue weighted by Gasteiger charge is -2.16. The Balaban J connectivity index is 1.98. The second-order valence-corrected chi connectivity index (χ2v) is 7.82. The van der Waals surface area contributed by atoms with Crippen LogP contribution in [0.3, 0.4) is 0 Å². The molecule has 1 aliphatic rings. The predicted molar refractivity (Wildman–Crippen MR) is 116 cm³/mol. The van der Waals surface area contributed by atoms with Crippen LogP contribution in [-0.2, 0) is 14.3 Å². The Morgan fingerprint density at radius 1 is 1.03 bits per heavy atom. The van der Waals surface area contributed by atoms with E-state index in [-0.39, 0.29) is 30.2 Å². The Morgan fingerprint density at radius 3 is 2.34 bits per heavy atom. The van der Waals surface area contributed by atoms with Crippen molar-refractivity contribution < 1.29 is 14.3 Å². The number of ether oxygens (including phenoxy) is 1. The van der Waals surface area contributed by atoms with Gasteiger partial charge in [-0.3, -0.25) is 14.5 Å². The smallest absolute Gasteiger partial charge is 0.278 e. The summed E-state index contributed by atoms with van der Waals surface area (Å²) in [6.45, 7) is 8.30. The fourth-order valence-electron chi connectivity index (χ4n) is 3.25. The Bertz CT molecular complexity index is 965. The third kappa shape index (κ3) is 4.69. The van der Waals surface area contributed by atoms with Gasteiger partial charge in [-0.05, 0) is 57.0 Å². The SMILES string of the molecule is Cc1ccc(NC2=C(c3ccc(Cl)cc3)C(=O)N(CCOC(C)C)C2=O)c(C)c1. The molecule has 0 saturated carbocycles. The largest absolute Gasteiger partial charge is 0.377 e. The van der Waals surface area contributed by atoms with E-state index in [2.05, 4.69) is 5.32 Å². The quantitative estimate of drug-likeness (QED) is 0.676. The Labute approximate surface area is 176 Å². The van der Waals surface area contributed by atoms with Crippen molar-refractivity contribution in [1.82, 2.24) is 4.90 Å². The number of imide groups is 1. The molecule has 0 spiro atoms. The van der Waals surface area contributed by atoms with Crippen LogP contribution in [0.5, 0.6) is 0 Å². The van der Waals surface area contributed by atoms with Crippen LogP contribution in [0.4, 0.5) is 5.69 Å². The summed E-state index contributed by atoms with van der Waals surface area (Å²) < 4.78 is 5.54. The Kier molecular flexibility index (Phi) is 6.40. The van der Waals surface area contributed by atoms with Crippen molar-refractivity contribution in [2.45, 2.75) is 33.8 Å². The molecule has 0 unspecified atom stereocenters. The summed E-state index contributed by atoms with van der Waals surface area (Å²) in [5.41, 5.74) is 4.17. The second kappa shape index (κ2) is 8.80. The maximum absolute atomic E-state index is 13.1. The number of nitrogens with one attached hydrogen (secondary N) is 1. The second-order valence-electron chi connectivity index (χ2n) is 7.38. The lowest BCUT2D eigenvalue weighted by atomic mass is 10.0. The fraction of sp³-hybridized carbons (Fsp3) is 0.304. The zero-order chi connectivity index (χ0) is 21.1. The van der Waals surface area contributed by atoms with E-state index < -0.39 is 0 Å². The molecule has 0 radical (unpaired) electrons. The van der Waals surface area contributed by atoms with E-state index in [4.69, 9.17) is 16.3 Å². The van der Waals surface area contributed by atoms with Gasteiger partial charge in [0.15, 0.2) is 0 Å². The maximum atomic E-state index is 13.1. The number of nitrogens with zero attached hydrogens (tertiary/aromatic N) is 1. The molecule has 0 fully saturated rings. The number of amides is 2. The van der Waals surface area contributed by atoms with Crippen molar-refractivity contribution >= 4 is 34.7 Å². The highest BCUT2D eigenvalue weighted by molar-refractivity contribution is 6.37. The molecule has 6 heteroatoms. The average Bonchev–Trinajstić information content (AvgIpc) is 2.89. The van der Waals surface area contributed by atoms with Crippen molar-refractivity contribution in [2.24, 2.45) is 0 Å². The molecule has 3 rings (SSSR count). The highest BCUT2D eigenvalue weighted by Gasteiger charge is 2.39. The van der Waals surface area contributed by atoms with E-state index >= 15 is 0 Å². The highest BCUT2D eigenvalue weighted by atomic mass is 35.5. The highest BCUT2D eigenvalue weighted by Crippen LogP contribution is 2.32. The van der Waals surface area contributed by atoms with Gasteiger partial charge in [-0.15, -0.1) is 0 Å². The number of anilines is 1. The fourth-order valence-corrected chi connectivity index (χ4v) is 3.37. The molecule has 2 aromatic carbocycles. The van der Waals surface area contributed by atoms with Gasteiger partial charge in [-0.1, -0.05) is 41.4 Å². The first-order chi connectivity index (χ1) is 13.8. The van der Waals surface area contributed by atoms with Crippen molar-refractivity contribution in [1.29, 1.82) is 0 Å². The van der Waals surface area contributed by atoms with Crippen LogP contribution in [0.1, 0.15) is 30.5 Å². The number of aryl methyl sites for hydroxylation is 2. The molecule has 29 heavy (non-hydrogen) atoms. The van der Waals surface area contributed by atoms with E-state index in [1.807, 2.05) is 45.9 Å². The summed E-state index contributed by atoms with van der Waals surface area (Å²) >= 11 is 6.00. The Hall–Kier alpha value is -2.63. The van der Waals surface area contributed by atoms with Crippen molar-refractivity contribution in [3.8, 4) is 0 Å². The van der Waals surface area contributed by atoms with Crippen LogP contribution in [0.15, 0.2) is 48.2 Å². The lowest BCUT2D eigenvalue weighted by molar-refractivity contribution is -0.137. The third-order valence-electron chi connectivity index (χ3n) is 4.71. The van der Waals surface area contributed by atoms with Gasteiger partial charge in [0.2, 0.25) is 0 Å². The van der Waals surface area contributed by atoms with Gasteiger partial charge in [-0.25, -0.2) is 0 Å². The zero-order valence-electron chi connectivity index (χ0n) is 17.1. The van der Waals surface area contributed by atoms with E-state index in [1.54, 1.807) is 24.3 Å². The molecule has 0 bridgehead atoms. The molecule has 0 aromatic heterocycles. The van der Waals surface area contributed by atoms with Crippen LogP contribution in [0.25, 0.3) is 5.57 Å². The molecule has 152 valence electrons. The number of benzene rings is 2. The van der Waals surface area contributed by atoms with Gasteiger partial charge in [0.05, 0.1) is 24.8 Å². The normalized spacial score (nSPS) is 14.3. The molecule has 0 saturated heterocycles. The van der Waals surface area contributed by atoms with Crippen LogP contribution in [0, 0.1) is 13.8 Å². The predicted octanol–water partition coefficient (Wildman–Crippen LogP) is 4.57. The van der Waals surface area contributed by atoms with Gasteiger partial charge in [0.1, 0.15) is 5.70 Å². The summed E-state index contributed by atoms with van der Waals surface area (Å²) in [4.78, 5) is 27.5. The number of carbonyl (C=O) groups is 2. The van der Waals surface area contributed by atoms with Gasteiger partial charge in [0, 0.05) is 10.7 Å². The number of halogens is 1. The van der Waals surface area contributed by atoms with Gasteiger partial charge in [0.25, 0.3) is 11.8 Å². The summed E-state index contributed by atoms with van der Waals surface area (Å²) in [6, 6.07) is 12.8. The van der Waals surface area contributed by atoms with Gasteiger partial charge in [-0.2, -0.15) is 0 Å². The summed E-state index contributed by atoms with van der Waals surface area (Å²) in [5.74, 6) is -0.691. The van der Waals surface area contributed by atoms with E-state index in [1.165, 1.54) is 4.90 Å². The first kappa shape index (κ1) is 21.1. The van der Waals surface area contributed by atoms with Crippen molar-refractivity contribution in [3.63, 3.8) is 0 Å². The van der Waals surface area contributed by atoms with Crippen LogP contribution in [-0.4, -0.2) is 36.0 Å². The van der Waals surface area contributed by atoms with Crippen LogP contribution in [0.2, 0.25) is 5.02 Å². The summed E-state index contributed by atoms with van der Waals surface area (Å²) in [6.07, 6.45) is 0.0271. The summed E-state index contributed by atoms with van der Waals surface area (Å²) in [5, 5.41) is 3.77. The zero-order valence-corrected chi connectivity index (χ0v) is 17.8. The average molecular weight is 413 g/mol. The third-order valence-corrected chi connectivity index (χ3v) is 4.96. The molecule has 5 nitrogen and oxygen atoms in total. The molecule has 1 heterocycles. The number of hydrogen-bond acceptors (Lipinski definition) is 4. The minimum atomic E-state index is -0.354. The summed E-state index contributed by atoms with van der Waals surface area (Å²) in [7, 11) is 0. The van der Waals surface area contributed by atoms with Crippen LogP contribution < -0.4 is 5.32 Å². The number of carbonyl (C=O) groups excluding carboxylic acids is 2. The first-order valence-corrected chi connectivity index (χ1v) is 9.98. The molecule has 1 aliphatic heterocycles. The van der Waals surface area contributed by atoms with Crippen LogP contribution >= 0.6 is 11.6 Å². The molecule has 2 aromatic rings. The molecule has 1 N–H and O–H groups in total. The van der Waals surface area contributed by atoms with E-state index in [0.717, 1.165) is 16.8 Å². The topological polar surface area (TPSA) is 58.6 Å². The molecule has 0 atom stereocenters. The number of rotatable bonds is 7. The molecular formula is C23H25ClN2O3. The molecule has 2 amide bonds. The van der Waals surface area contributed by atoms with E-state index in [0.29, 0.717) is 22.8 Å². The standard InChI is InChI=1S/C23H25ClN2O3/c1-14(2)29-12-11-26-22(27)20(17-6-8-18(24)9-7-17)21(23(26)28)25-19-10-5-15(3)13-16(19)4/h5-10,13-14,25H,11-12H2,1-4H3. The molecule has 0 aliphatic carbocycles.